The highest BCUT2D eigenvalue weighted by Gasteiger charge is 2.23. The van der Waals surface area contributed by atoms with Gasteiger partial charge in [-0.3, -0.25) is 4.81 Å². The Morgan fingerprint density at radius 3 is 2.00 bits per heavy atom. The quantitative estimate of drug-likeness (QED) is 0.426. The van der Waals surface area contributed by atoms with Crippen molar-refractivity contribution in [2.24, 2.45) is 0 Å². The monoisotopic (exact) mass is 144 g/mol. The van der Waals surface area contributed by atoms with Crippen LogP contribution in [0.4, 0.5) is 0 Å². The Bertz CT molecular complexity index is 104. The summed E-state index contributed by atoms with van der Waals surface area (Å²) in [6, 6.07) is 0. The van der Waals surface area contributed by atoms with E-state index in [9.17, 15) is 0 Å². The molecule has 1 aliphatic heterocycles. The van der Waals surface area contributed by atoms with Gasteiger partial charge in [-0.2, -0.15) is 0 Å². The van der Waals surface area contributed by atoms with E-state index >= 15 is 0 Å². The van der Waals surface area contributed by atoms with Crippen LogP contribution >= 0.6 is 0 Å². The van der Waals surface area contributed by atoms with E-state index in [1.807, 2.05) is 7.05 Å². The zero-order valence-corrected chi connectivity index (χ0v) is 6.19. The van der Waals surface area contributed by atoms with Crippen LogP contribution in [0.15, 0.2) is 0 Å². The van der Waals surface area contributed by atoms with Crippen molar-refractivity contribution < 1.29 is 10.0 Å². The van der Waals surface area contributed by atoms with E-state index in [4.69, 9.17) is 10.0 Å². The topological polar surface area (TPSA) is 46.9 Å². The second-order valence-corrected chi connectivity index (χ2v) is 2.69. The first-order chi connectivity index (χ1) is 4.70. The van der Waals surface area contributed by atoms with Gasteiger partial charge in [0.1, 0.15) is 0 Å². The minimum atomic E-state index is -1.27. The molecular formula is C5H13BN2O2. The number of nitrogens with zero attached hydrogens (tertiary/aromatic N) is 2. The van der Waals surface area contributed by atoms with Crippen LogP contribution in [0, 0.1) is 0 Å². The highest BCUT2D eigenvalue weighted by molar-refractivity contribution is 6.37. The van der Waals surface area contributed by atoms with Crippen molar-refractivity contribution in [3.8, 4) is 0 Å². The van der Waals surface area contributed by atoms with Crippen LogP contribution in [-0.4, -0.2) is 60.2 Å². The van der Waals surface area contributed by atoms with Gasteiger partial charge < -0.3 is 14.9 Å². The molecule has 0 radical (unpaired) electrons. The molecule has 58 valence electrons. The summed E-state index contributed by atoms with van der Waals surface area (Å²) in [5, 5.41) is 17.5. The smallest absolute Gasteiger partial charge is 0.413 e. The van der Waals surface area contributed by atoms with Crippen LogP contribution < -0.4 is 0 Å². The van der Waals surface area contributed by atoms with Crippen molar-refractivity contribution in [1.82, 2.24) is 9.71 Å². The molecular weight excluding hydrogens is 131 g/mol. The minimum Gasteiger partial charge on any atom is -0.413 e. The van der Waals surface area contributed by atoms with Gasteiger partial charge in [0.05, 0.1) is 0 Å². The van der Waals surface area contributed by atoms with Gasteiger partial charge in [-0.25, -0.2) is 0 Å². The summed E-state index contributed by atoms with van der Waals surface area (Å²) in [5.74, 6) is 0. The van der Waals surface area contributed by atoms with Gasteiger partial charge in [0, 0.05) is 26.2 Å². The Hall–Kier alpha value is -0.0951. The minimum absolute atomic E-state index is 0.744. The maximum absolute atomic E-state index is 8.73. The Morgan fingerprint density at radius 2 is 1.60 bits per heavy atom. The van der Waals surface area contributed by atoms with E-state index in [-0.39, 0.29) is 0 Å². The zero-order chi connectivity index (χ0) is 7.56. The zero-order valence-electron chi connectivity index (χ0n) is 6.19. The lowest BCUT2D eigenvalue weighted by molar-refractivity contribution is 0.177. The molecule has 0 aliphatic carbocycles. The molecule has 0 aromatic carbocycles. The van der Waals surface area contributed by atoms with Crippen molar-refractivity contribution >= 4 is 7.25 Å². The largest absolute Gasteiger partial charge is 0.552 e. The average molecular weight is 144 g/mol. The molecule has 0 amide bonds. The maximum Gasteiger partial charge on any atom is 0.552 e. The summed E-state index contributed by atoms with van der Waals surface area (Å²) in [6.45, 7) is 3.32. The first kappa shape index (κ1) is 8.01. The summed E-state index contributed by atoms with van der Waals surface area (Å²) in [6.07, 6.45) is 0. The van der Waals surface area contributed by atoms with E-state index in [2.05, 4.69) is 4.90 Å². The molecule has 10 heavy (non-hydrogen) atoms. The average Bonchev–Trinajstić information content (AvgIpc) is 1.88. The molecule has 1 aliphatic rings. The third-order valence-electron chi connectivity index (χ3n) is 1.86. The van der Waals surface area contributed by atoms with Crippen LogP contribution in [0.3, 0.4) is 0 Å². The van der Waals surface area contributed by atoms with Gasteiger partial charge in [-0.05, 0) is 7.05 Å². The molecule has 4 nitrogen and oxygen atoms in total. The number of likely N-dealkylation sites (N-methyl/N-ethyl adjacent to an activating group) is 1. The fourth-order valence-corrected chi connectivity index (χ4v) is 1.05. The van der Waals surface area contributed by atoms with Crippen molar-refractivity contribution in [3.63, 3.8) is 0 Å². The molecule has 0 saturated carbocycles. The molecule has 0 atom stereocenters. The maximum atomic E-state index is 8.73. The standard InChI is InChI=1S/C5H13BN2O2/c1-7-2-4-8(5-3-7)6(9)10/h9-10H,2-5H2,1H3. The number of rotatable bonds is 1. The SMILES string of the molecule is CN1CCN(B(O)O)CC1. The molecule has 2 N–H and O–H groups in total. The van der Waals surface area contributed by atoms with Crippen molar-refractivity contribution in [3.05, 3.63) is 0 Å². The summed E-state index contributed by atoms with van der Waals surface area (Å²) < 4.78 is 0. The molecule has 0 unspecified atom stereocenters. The van der Waals surface area contributed by atoms with Gasteiger partial charge in [0.2, 0.25) is 0 Å². The Labute approximate surface area is 61.2 Å². The van der Waals surface area contributed by atoms with Crippen LogP contribution in [0.5, 0.6) is 0 Å². The van der Waals surface area contributed by atoms with Gasteiger partial charge >= 0.3 is 7.25 Å². The summed E-state index contributed by atoms with van der Waals surface area (Å²) in [5.41, 5.74) is 0. The number of hydrogen-bond donors (Lipinski definition) is 2. The van der Waals surface area contributed by atoms with Crippen LogP contribution in [0.25, 0.3) is 0 Å². The molecule has 0 bridgehead atoms. The molecule has 1 rings (SSSR count). The van der Waals surface area contributed by atoms with Crippen molar-refractivity contribution in [1.29, 1.82) is 0 Å². The molecule has 1 fully saturated rings. The highest BCUT2D eigenvalue weighted by Crippen LogP contribution is 1.98. The summed E-state index contributed by atoms with van der Waals surface area (Å²) in [7, 11) is 0.759. The highest BCUT2D eigenvalue weighted by atomic mass is 16.4. The van der Waals surface area contributed by atoms with E-state index < -0.39 is 7.25 Å². The second-order valence-electron chi connectivity index (χ2n) is 2.69. The van der Waals surface area contributed by atoms with Crippen LogP contribution in [0.1, 0.15) is 0 Å². The predicted molar refractivity (Wildman–Crippen MR) is 39.3 cm³/mol. The third-order valence-corrected chi connectivity index (χ3v) is 1.86. The Morgan fingerprint density at radius 1 is 1.10 bits per heavy atom. The van der Waals surface area contributed by atoms with Crippen LogP contribution in [-0.2, 0) is 0 Å². The molecule has 1 heterocycles. The molecule has 0 aromatic heterocycles. The van der Waals surface area contributed by atoms with Gasteiger partial charge in [-0.15, -0.1) is 0 Å². The van der Waals surface area contributed by atoms with Crippen molar-refractivity contribution in [2.45, 2.75) is 0 Å². The summed E-state index contributed by atoms with van der Waals surface area (Å²) in [4.78, 5) is 3.80. The Balaban J connectivity index is 2.26. The Kier molecular flexibility index (Phi) is 2.68. The van der Waals surface area contributed by atoms with Gasteiger partial charge in [-0.1, -0.05) is 0 Å². The molecule has 1 saturated heterocycles. The first-order valence-corrected chi connectivity index (χ1v) is 3.49. The fraction of sp³-hybridized carbons (Fsp3) is 1.00. The fourth-order valence-electron chi connectivity index (χ4n) is 1.05. The molecule has 0 aromatic rings. The van der Waals surface area contributed by atoms with Gasteiger partial charge in [0.15, 0.2) is 0 Å². The third kappa shape index (κ3) is 1.95. The number of hydrogen-bond acceptors (Lipinski definition) is 4. The predicted octanol–water partition coefficient (Wildman–Crippen LogP) is -1.80. The van der Waals surface area contributed by atoms with E-state index in [1.165, 1.54) is 0 Å². The van der Waals surface area contributed by atoms with Crippen LogP contribution in [0.2, 0.25) is 0 Å². The second kappa shape index (κ2) is 3.34. The van der Waals surface area contributed by atoms with E-state index in [1.54, 1.807) is 4.81 Å². The molecule has 0 spiro atoms. The lowest BCUT2D eigenvalue weighted by Crippen LogP contribution is -2.51. The van der Waals surface area contributed by atoms with E-state index in [0.717, 1.165) is 26.2 Å². The lowest BCUT2D eigenvalue weighted by atomic mass is 10.0. The van der Waals surface area contributed by atoms with Gasteiger partial charge in [0.25, 0.3) is 0 Å². The first-order valence-electron chi connectivity index (χ1n) is 3.49. The van der Waals surface area contributed by atoms with Crippen molar-refractivity contribution in [2.75, 3.05) is 33.2 Å². The normalized spacial score (nSPS) is 23.1. The number of piperazine rings is 1. The lowest BCUT2D eigenvalue weighted by Gasteiger charge is -2.31. The summed E-state index contributed by atoms with van der Waals surface area (Å²) >= 11 is 0. The molecule has 5 heteroatoms. The van der Waals surface area contributed by atoms with E-state index in [0.29, 0.717) is 0 Å².